The molecule has 0 saturated carbocycles. The van der Waals surface area contributed by atoms with Gasteiger partial charge in [0, 0.05) is 43.3 Å². The lowest BCUT2D eigenvalue weighted by Gasteiger charge is -2.36. The highest BCUT2D eigenvalue weighted by Gasteiger charge is 2.22. The summed E-state index contributed by atoms with van der Waals surface area (Å²) in [5.74, 6) is 2.03. The topological polar surface area (TPSA) is 60.9 Å². The number of hydrogen-bond acceptors (Lipinski definition) is 5. The Morgan fingerprint density at radius 3 is 2.54 bits per heavy atom. The molecule has 1 aliphatic heterocycles. The summed E-state index contributed by atoms with van der Waals surface area (Å²) < 4.78 is 0. The van der Waals surface area contributed by atoms with Crippen molar-refractivity contribution in [1.82, 2.24) is 19.9 Å². The van der Waals surface area contributed by atoms with Crippen molar-refractivity contribution in [3.05, 3.63) is 54.5 Å². The minimum Gasteiger partial charge on any atom is -0.353 e. The monoisotopic (exact) mass is 344 g/mol. The van der Waals surface area contributed by atoms with E-state index >= 15 is 0 Å². The van der Waals surface area contributed by atoms with Gasteiger partial charge in [-0.2, -0.15) is 0 Å². The molecule has 1 aromatic carbocycles. The summed E-state index contributed by atoms with van der Waals surface area (Å²) in [6.07, 6.45) is 3.53. The zero-order valence-electron chi connectivity index (χ0n) is 14.7. The van der Waals surface area contributed by atoms with Gasteiger partial charge in [0.2, 0.25) is 0 Å². The first-order valence-corrected chi connectivity index (χ1v) is 8.94. The molecular formula is C20H20N6. The second-order valence-electron chi connectivity index (χ2n) is 6.71. The van der Waals surface area contributed by atoms with Crippen molar-refractivity contribution >= 4 is 33.6 Å². The summed E-state index contributed by atoms with van der Waals surface area (Å²) in [6, 6.07) is 12.4. The lowest BCUT2D eigenvalue weighted by molar-refractivity contribution is 0.643. The Kier molecular flexibility index (Phi) is 3.48. The molecule has 5 rings (SSSR count). The fourth-order valence-electron chi connectivity index (χ4n) is 3.83. The van der Waals surface area contributed by atoms with E-state index in [9.17, 15) is 0 Å². The lowest BCUT2D eigenvalue weighted by Crippen LogP contribution is -2.47. The van der Waals surface area contributed by atoms with Crippen LogP contribution in [0.4, 0.5) is 11.6 Å². The number of nitrogens with one attached hydrogen (secondary N) is 1. The Labute approximate surface area is 151 Å². The van der Waals surface area contributed by atoms with Gasteiger partial charge in [0.1, 0.15) is 23.2 Å². The molecule has 0 unspecified atom stereocenters. The Morgan fingerprint density at radius 1 is 0.885 bits per heavy atom. The molecule has 0 bridgehead atoms. The number of anilines is 2. The largest absolute Gasteiger partial charge is 0.353 e. The van der Waals surface area contributed by atoms with E-state index in [2.05, 4.69) is 60.9 Å². The quantitative estimate of drug-likeness (QED) is 0.605. The van der Waals surface area contributed by atoms with E-state index in [1.165, 1.54) is 10.9 Å². The van der Waals surface area contributed by atoms with Gasteiger partial charge in [-0.1, -0.05) is 18.2 Å². The summed E-state index contributed by atoms with van der Waals surface area (Å²) in [5.41, 5.74) is 4.39. The molecule has 1 N–H and O–H groups in total. The standard InChI is InChI=1S/C20H20N6/c1-14-5-4-6-15-17(14)18-19(24-15)20(23-13-22-18)26-11-9-25(10-12-26)16-7-2-3-8-21-16/h2-8,13,24H,9-12H2,1H3. The van der Waals surface area contributed by atoms with Crippen molar-refractivity contribution < 1.29 is 0 Å². The van der Waals surface area contributed by atoms with Gasteiger partial charge in [-0.05, 0) is 30.7 Å². The van der Waals surface area contributed by atoms with E-state index < -0.39 is 0 Å². The number of fused-ring (bicyclic) bond motifs is 3. The highest BCUT2D eigenvalue weighted by atomic mass is 15.3. The molecule has 0 spiro atoms. The van der Waals surface area contributed by atoms with Crippen LogP contribution < -0.4 is 9.80 Å². The van der Waals surface area contributed by atoms with Crippen LogP contribution in [0.2, 0.25) is 0 Å². The SMILES string of the molecule is Cc1cccc2[nH]c3c(N4CCN(c5ccccn5)CC4)ncnc3c12. The lowest BCUT2D eigenvalue weighted by atomic mass is 10.1. The Morgan fingerprint density at radius 2 is 1.73 bits per heavy atom. The van der Waals surface area contributed by atoms with Gasteiger partial charge in [0.15, 0.2) is 5.82 Å². The number of hydrogen-bond donors (Lipinski definition) is 1. The number of pyridine rings is 1. The maximum atomic E-state index is 4.60. The second kappa shape index (κ2) is 5.98. The van der Waals surface area contributed by atoms with Gasteiger partial charge in [-0.15, -0.1) is 0 Å². The van der Waals surface area contributed by atoms with Crippen LogP contribution in [-0.4, -0.2) is 46.1 Å². The van der Waals surface area contributed by atoms with Gasteiger partial charge in [-0.25, -0.2) is 15.0 Å². The highest BCUT2D eigenvalue weighted by molar-refractivity contribution is 6.09. The molecule has 6 nitrogen and oxygen atoms in total. The predicted octanol–water partition coefficient (Wildman–Crippen LogP) is 3.14. The third-order valence-electron chi connectivity index (χ3n) is 5.15. The van der Waals surface area contributed by atoms with Crippen molar-refractivity contribution in [3.8, 4) is 0 Å². The van der Waals surface area contributed by atoms with E-state index in [1.807, 2.05) is 18.3 Å². The minimum atomic E-state index is 0.914. The number of rotatable bonds is 2. The summed E-state index contributed by atoms with van der Waals surface area (Å²) in [5, 5.41) is 1.19. The zero-order chi connectivity index (χ0) is 17.5. The van der Waals surface area contributed by atoms with Gasteiger partial charge in [-0.3, -0.25) is 0 Å². The molecule has 6 heteroatoms. The summed E-state index contributed by atoms with van der Waals surface area (Å²) in [6.45, 7) is 5.82. The molecule has 3 aromatic heterocycles. The minimum absolute atomic E-state index is 0.914. The fourth-order valence-corrected chi connectivity index (χ4v) is 3.83. The first kappa shape index (κ1) is 15.1. The maximum absolute atomic E-state index is 4.60. The first-order valence-electron chi connectivity index (χ1n) is 8.94. The van der Waals surface area contributed by atoms with Gasteiger partial charge >= 0.3 is 0 Å². The van der Waals surface area contributed by atoms with E-state index in [0.717, 1.165) is 54.4 Å². The molecular weight excluding hydrogens is 324 g/mol. The van der Waals surface area contributed by atoms with Crippen molar-refractivity contribution in [2.75, 3.05) is 36.0 Å². The van der Waals surface area contributed by atoms with Crippen LogP contribution in [0.15, 0.2) is 48.9 Å². The molecule has 26 heavy (non-hydrogen) atoms. The number of aromatic amines is 1. The van der Waals surface area contributed by atoms with E-state index in [4.69, 9.17) is 0 Å². The molecule has 1 fully saturated rings. The molecule has 4 aromatic rings. The summed E-state index contributed by atoms with van der Waals surface area (Å²) in [4.78, 5) is 21.8. The Hall–Kier alpha value is -3.15. The van der Waals surface area contributed by atoms with Crippen LogP contribution in [0.25, 0.3) is 21.9 Å². The zero-order valence-corrected chi connectivity index (χ0v) is 14.7. The number of aromatic nitrogens is 4. The van der Waals surface area contributed by atoms with Crippen LogP contribution in [0.3, 0.4) is 0 Å². The van der Waals surface area contributed by atoms with Crippen molar-refractivity contribution in [2.45, 2.75) is 6.92 Å². The molecule has 4 heterocycles. The molecule has 0 radical (unpaired) electrons. The predicted molar refractivity (Wildman–Crippen MR) is 105 cm³/mol. The average molecular weight is 344 g/mol. The summed E-state index contributed by atoms with van der Waals surface area (Å²) >= 11 is 0. The number of benzene rings is 1. The van der Waals surface area contributed by atoms with Crippen LogP contribution in [0, 0.1) is 6.92 Å². The smallest absolute Gasteiger partial charge is 0.156 e. The molecule has 130 valence electrons. The van der Waals surface area contributed by atoms with Crippen LogP contribution in [0.1, 0.15) is 5.56 Å². The van der Waals surface area contributed by atoms with Crippen LogP contribution >= 0.6 is 0 Å². The van der Waals surface area contributed by atoms with Crippen molar-refractivity contribution in [1.29, 1.82) is 0 Å². The summed E-state index contributed by atoms with van der Waals surface area (Å²) in [7, 11) is 0. The third-order valence-corrected chi connectivity index (χ3v) is 5.15. The average Bonchev–Trinajstić information content (AvgIpc) is 3.09. The molecule has 1 aliphatic rings. The third kappa shape index (κ3) is 2.37. The number of aryl methyl sites for hydroxylation is 1. The maximum Gasteiger partial charge on any atom is 0.156 e. The number of H-pyrrole nitrogens is 1. The first-order chi connectivity index (χ1) is 12.8. The van der Waals surface area contributed by atoms with Crippen LogP contribution in [-0.2, 0) is 0 Å². The normalized spacial score (nSPS) is 15.1. The van der Waals surface area contributed by atoms with Gasteiger partial charge in [0.25, 0.3) is 0 Å². The van der Waals surface area contributed by atoms with E-state index in [0.29, 0.717) is 0 Å². The highest BCUT2D eigenvalue weighted by Crippen LogP contribution is 2.31. The van der Waals surface area contributed by atoms with Crippen LogP contribution in [0.5, 0.6) is 0 Å². The molecule has 0 atom stereocenters. The Balaban J connectivity index is 1.49. The van der Waals surface area contributed by atoms with E-state index in [-0.39, 0.29) is 0 Å². The Bertz CT molecular complexity index is 1060. The van der Waals surface area contributed by atoms with Gasteiger partial charge in [0.05, 0.1) is 0 Å². The van der Waals surface area contributed by atoms with Crippen molar-refractivity contribution in [3.63, 3.8) is 0 Å². The van der Waals surface area contributed by atoms with E-state index in [1.54, 1.807) is 6.33 Å². The van der Waals surface area contributed by atoms with Crippen molar-refractivity contribution in [2.24, 2.45) is 0 Å². The van der Waals surface area contributed by atoms with Gasteiger partial charge < -0.3 is 14.8 Å². The fraction of sp³-hybridized carbons (Fsp3) is 0.250. The molecule has 0 amide bonds. The number of piperazine rings is 1. The molecule has 1 saturated heterocycles. The number of nitrogens with zero attached hydrogens (tertiary/aromatic N) is 5. The molecule has 0 aliphatic carbocycles. The second-order valence-corrected chi connectivity index (χ2v) is 6.71.